The smallest absolute Gasteiger partial charge is 0.135 e. The van der Waals surface area contributed by atoms with Gasteiger partial charge in [0.1, 0.15) is 12.1 Å². The molecule has 1 aromatic heterocycles. The van der Waals surface area contributed by atoms with Crippen molar-refractivity contribution in [3.8, 4) is 0 Å². The molecule has 4 nitrogen and oxygen atoms in total. The number of nitrogens with zero attached hydrogens (tertiary/aromatic N) is 3. The third kappa shape index (κ3) is 2.21. The second kappa shape index (κ2) is 5.22. The highest BCUT2D eigenvalue weighted by molar-refractivity contribution is 5.50. The molecule has 4 heteroatoms. The van der Waals surface area contributed by atoms with Crippen molar-refractivity contribution in [1.82, 2.24) is 15.3 Å². The first-order valence-corrected chi connectivity index (χ1v) is 7.19. The first-order valence-electron chi connectivity index (χ1n) is 7.19. The van der Waals surface area contributed by atoms with Gasteiger partial charge in [-0.15, -0.1) is 0 Å². The molecule has 1 atom stereocenters. The number of hydrogen-bond donors (Lipinski definition) is 1. The summed E-state index contributed by atoms with van der Waals surface area (Å²) in [6, 6.07) is 0.621. The fourth-order valence-corrected chi connectivity index (χ4v) is 3.24. The Morgan fingerprint density at radius 3 is 3.17 bits per heavy atom. The van der Waals surface area contributed by atoms with Gasteiger partial charge in [-0.3, -0.25) is 0 Å². The van der Waals surface area contributed by atoms with Crippen LogP contribution in [0.5, 0.6) is 0 Å². The van der Waals surface area contributed by atoms with Gasteiger partial charge in [0, 0.05) is 30.4 Å². The Morgan fingerprint density at radius 2 is 2.28 bits per heavy atom. The minimum atomic E-state index is 0.621. The van der Waals surface area contributed by atoms with Crippen molar-refractivity contribution in [2.45, 2.75) is 45.1 Å². The lowest BCUT2D eigenvalue weighted by atomic mass is 10.0. The van der Waals surface area contributed by atoms with E-state index in [1.165, 1.54) is 36.3 Å². The number of piperidine rings is 1. The third-order valence-corrected chi connectivity index (χ3v) is 4.07. The Kier molecular flexibility index (Phi) is 3.46. The first-order chi connectivity index (χ1) is 8.88. The number of anilines is 1. The highest BCUT2D eigenvalue weighted by atomic mass is 15.2. The van der Waals surface area contributed by atoms with Crippen LogP contribution in [0.1, 0.15) is 37.4 Å². The maximum atomic E-state index is 4.56. The second-order valence-electron chi connectivity index (χ2n) is 5.32. The molecular formula is C14H22N4. The molecular weight excluding hydrogens is 224 g/mol. The summed E-state index contributed by atoms with van der Waals surface area (Å²) in [5, 5.41) is 3.57. The van der Waals surface area contributed by atoms with Crippen molar-refractivity contribution >= 4 is 5.82 Å². The number of fused-ring (bicyclic) bond motifs is 1. The Hall–Kier alpha value is -1.16. The lowest BCUT2D eigenvalue weighted by Crippen LogP contribution is -2.46. The average molecular weight is 246 g/mol. The summed E-state index contributed by atoms with van der Waals surface area (Å²) >= 11 is 0. The van der Waals surface area contributed by atoms with E-state index in [-0.39, 0.29) is 0 Å². The number of likely N-dealkylation sites (N-methyl/N-ethyl adjacent to an activating group) is 1. The number of nitrogens with one attached hydrogen (secondary N) is 1. The van der Waals surface area contributed by atoms with Crippen LogP contribution in [0.2, 0.25) is 0 Å². The van der Waals surface area contributed by atoms with E-state index in [1.54, 1.807) is 6.33 Å². The van der Waals surface area contributed by atoms with E-state index in [1.807, 2.05) is 0 Å². The number of hydrogen-bond acceptors (Lipinski definition) is 4. The van der Waals surface area contributed by atoms with E-state index in [0.29, 0.717) is 6.04 Å². The topological polar surface area (TPSA) is 41.0 Å². The summed E-state index contributed by atoms with van der Waals surface area (Å²) in [4.78, 5) is 11.4. The molecule has 1 aliphatic carbocycles. The first kappa shape index (κ1) is 11.9. The standard InChI is InChI=1S/C14H22N4/c1-2-15-11-5-4-8-18(9-11)14-12-6-3-7-13(12)16-10-17-14/h10-11,15H,2-9H2,1H3. The van der Waals surface area contributed by atoms with E-state index in [2.05, 4.69) is 27.1 Å². The van der Waals surface area contributed by atoms with Gasteiger partial charge in [0.2, 0.25) is 0 Å². The Bertz CT molecular complexity index is 416. The van der Waals surface area contributed by atoms with Gasteiger partial charge in [0.25, 0.3) is 0 Å². The lowest BCUT2D eigenvalue weighted by Gasteiger charge is -2.34. The van der Waals surface area contributed by atoms with Gasteiger partial charge in [0.05, 0.1) is 0 Å². The molecule has 1 aromatic rings. The molecule has 0 radical (unpaired) electrons. The summed E-state index contributed by atoms with van der Waals surface area (Å²) in [6.45, 7) is 5.48. The van der Waals surface area contributed by atoms with Crippen molar-refractivity contribution in [3.05, 3.63) is 17.6 Å². The van der Waals surface area contributed by atoms with Crippen LogP contribution in [0.15, 0.2) is 6.33 Å². The highest BCUT2D eigenvalue weighted by Gasteiger charge is 2.25. The molecule has 1 saturated heterocycles. The molecule has 1 fully saturated rings. The zero-order valence-electron chi connectivity index (χ0n) is 11.2. The number of aryl methyl sites for hydroxylation is 1. The summed E-state index contributed by atoms with van der Waals surface area (Å²) in [7, 11) is 0. The lowest BCUT2D eigenvalue weighted by molar-refractivity contribution is 0.429. The van der Waals surface area contributed by atoms with Crippen molar-refractivity contribution in [1.29, 1.82) is 0 Å². The van der Waals surface area contributed by atoms with E-state index in [9.17, 15) is 0 Å². The summed E-state index contributed by atoms with van der Waals surface area (Å²) in [5.74, 6) is 1.21. The van der Waals surface area contributed by atoms with Crippen LogP contribution in [0.3, 0.4) is 0 Å². The maximum Gasteiger partial charge on any atom is 0.135 e. The Balaban J connectivity index is 1.80. The third-order valence-electron chi connectivity index (χ3n) is 4.07. The molecule has 0 bridgehead atoms. The SMILES string of the molecule is CCNC1CCCN(c2ncnc3c2CCC3)C1. The van der Waals surface area contributed by atoms with Crippen LogP contribution in [-0.2, 0) is 12.8 Å². The van der Waals surface area contributed by atoms with Crippen LogP contribution in [0, 0.1) is 0 Å². The molecule has 3 rings (SSSR count). The fraction of sp³-hybridized carbons (Fsp3) is 0.714. The summed E-state index contributed by atoms with van der Waals surface area (Å²) in [6.07, 6.45) is 7.83. The predicted molar refractivity (Wildman–Crippen MR) is 73.0 cm³/mol. The molecule has 2 heterocycles. The molecule has 1 aliphatic heterocycles. The maximum absolute atomic E-state index is 4.56. The normalized spacial score (nSPS) is 23.2. The van der Waals surface area contributed by atoms with Crippen molar-refractivity contribution in [2.75, 3.05) is 24.5 Å². The van der Waals surface area contributed by atoms with Crippen molar-refractivity contribution < 1.29 is 0 Å². The van der Waals surface area contributed by atoms with Crippen molar-refractivity contribution in [3.63, 3.8) is 0 Å². The fourth-order valence-electron chi connectivity index (χ4n) is 3.24. The molecule has 1 unspecified atom stereocenters. The zero-order chi connectivity index (χ0) is 12.4. The molecule has 0 aromatic carbocycles. The quantitative estimate of drug-likeness (QED) is 0.878. The van der Waals surface area contributed by atoms with Crippen LogP contribution >= 0.6 is 0 Å². The summed E-state index contributed by atoms with van der Waals surface area (Å²) in [5.41, 5.74) is 2.69. The van der Waals surface area contributed by atoms with Gasteiger partial charge in [-0.1, -0.05) is 6.92 Å². The Labute approximate surface area is 109 Å². The van der Waals surface area contributed by atoms with Gasteiger partial charge in [0.15, 0.2) is 0 Å². The van der Waals surface area contributed by atoms with E-state index >= 15 is 0 Å². The van der Waals surface area contributed by atoms with Crippen molar-refractivity contribution in [2.24, 2.45) is 0 Å². The molecule has 0 spiro atoms. The molecule has 18 heavy (non-hydrogen) atoms. The van der Waals surface area contributed by atoms with Gasteiger partial charge in [-0.2, -0.15) is 0 Å². The van der Waals surface area contributed by atoms with Crippen LogP contribution in [-0.4, -0.2) is 35.6 Å². The zero-order valence-corrected chi connectivity index (χ0v) is 11.2. The highest BCUT2D eigenvalue weighted by Crippen LogP contribution is 2.29. The van der Waals surface area contributed by atoms with Gasteiger partial charge in [-0.05, 0) is 38.6 Å². The summed E-state index contributed by atoms with van der Waals surface area (Å²) < 4.78 is 0. The predicted octanol–water partition coefficient (Wildman–Crippen LogP) is 1.54. The monoisotopic (exact) mass is 246 g/mol. The van der Waals surface area contributed by atoms with Gasteiger partial charge >= 0.3 is 0 Å². The average Bonchev–Trinajstić information content (AvgIpc) is 2.87. The Morgan fingerprint density at radius 1 is 1.33 bits per heavy atom. The minimum absolute atomic E-state index is 0.621. The number of rotatable bonds is 3. The molecule has 1 N–H and O–H groups in total. The van der Waals surface area contributed by atoms with E-state index in [4.69, 9.17) is 0 Å². The molecule has 0 amide bonds. The largest absolute Gasteiger partial charge is 0.355 e. The molecule has 98 valence electrons. The van der Waals surface area contributed by atoms with E-state index < -0.39 is 0 Å². The van der Waals surface area contributed by atoms with Crippen LogP contribution in [0.4, 0.5) is 5.82 Å². The van der Waals surface area contributed by atoms with E-state index in [0.717, 1.165) is 32.5 Å². The number of aromatic nitrogens is 2. The molecule has 0 saturated carbocycles. The van der Waals surface area contributed by atoms with Gasteiger partial charge < -0.3 is 10.2 Å². The van der Waals surface area contributed by atoms with Gasteiger partial charge in [-0.25, -0.2) is 9.97 Å². The molecule has 2 aliphatic rings. The van der Waals surface area contributed by atoms with Crippen LogP contribution in [0.25, 0.3) is 0 Å². The second-order valence-corrected chi connectivity index (χ2v) is 5.32. The minimum Gasteiger partial charge on any atom is -0.355 e. The van der Waals surface area contributed by atoms with Crippen LogP contribution < -0.4 is 10.2 Å².